The monoisotopic (exact) mass is 445 g/mol. The Bertz CT molecular complexity index is 847. The van der Waals surface area contributed by atoms with Crippen LogP contribution < -0.4 is 10.1 Å². The van der Waals surface area contributed by atoms with Gasteiger partial charge in [-0.2, -0.15) is 5.10 Å². The fourth-order valence-corrected chi connectivity index (χ4v) is 3.02. The maximum atomic E-state index is 15.2. The van der Waals surface area contributed by atoms with Crippen LogP contribution in [0.4, 0.5) is 4.39 Å². The molecule has 0 aliphatic rings. The largest absolute Gasteiger partial charge is 0.453 e. The second kappa shape index (κ2) is 11.3. The number of para-hydroxylation sites is 1. The molecule has 1 aromatic heterocycles. The molecule has 3 aromatic rings. The molecule has 4 nitrogen and oxygen atoms in total. The van der Waals surface area contributed by atoms with Crippen LogP contribution in [0, 0.1) is 5.82 Å². The Morgan fingerprint density at radius 2 is 1.89 bits per heavy atom. The predicted molar refractivity (Wildman–Crippen MR) is 116 cm³/mol. The summed E-state index contributed by atoms with van der Waals surface area (Å²) in [6.45, 7) is 4.02. The second-order valence-corrected chi connectivity index (χ2v) is 6.48. The maximum absolute atomic E-state index is 15.2. The van der Waals surface area contributed by atoms with E-state index in [2.05, 4.69) is 15.5 Å². The topological polar surface area (TPSA) is 49.9 Å². The molecular formula is C20H23Cl3FN3O. The van der Waals surface area contributed by atoms with Crippen molar-refractivity contribution < 1.29 is 9.13 Å². The van der Waals surface area contributed by atoms with Crippen molar-refractivity contribution in [2.45, 2.75) is 32.4 Å². The van der Waals surface area contributed by atoms with Gasteiger partial charge in [-0.25, -0.2) is 4.39 Å². The first kappa shape index (κ1) is 24.2. The maximum Gasteiger partial charge on any atom is 0.181 e. The molecule has 0 unspecified atom stereocenters. The summed E-state index contributed by atoms with van der Waals surface area (Å²) in [6.07, 6.45) is 4.30. The Kier molecular flexibility index (Phi) is 9.76. The van der Waals surface area contributed by atoms with Crippen molar-refractivity contribution in [3.63, 3.8) is 0 Å². The highest BCUT2D eigenvalue weighted by Crippen LogP contribution is 2.37. The molecule has 2 atom stereocenters. The highest BCUT2D eigenvalue weighted by molar-refractivity contribution is 6.32. The average molecular weight is 447 g/mol. The van der Waals surface area contributed by atoms with Gasteiger partial charge in [-0.1, -0.05) is 42.8 Å². The number of ether oxygens (including phenoxy) is 1. The van der Waals surface area contributed by atoms with E-state index in [1.165, 1.54) is 0 Å². The number of nitrogens with zero attached hydrogens (tertiary/aromatic N) is 1. The number of hydrogen-bond acceptors (Lipinski definition) is 3. The van der Waals surface area contributed by atoms with Crippen LogP contribution in [-0.2, 0) is 0 Å². The van der Waals surface area contributed by atoms with Crippen molar-refractivity contribution in [2.24, 2.45) is 0 Å². The molecule has 0 saturated heterocycles. The van der Waals surface area contributed by atoms with E-state index in [1.807, 2.05) is 38.2 Å². The summed E-state index contributed by atoms with van der Waals surface area (Å²) in [5.74, 6) is 0.143. The first-order chi connectivity index (χ1) is 12.6. The van der Waals surface area contributed by atoms with Crippen LogP contribution in [0.5, 0.6) is 11.5 Å². The fourth-order valence-electron chi connectivity index (χ4n) is 2.84. The van der Waals surface area contributed by atoms with Gasteiger partial charge >= 0.3 is 0 Å². The van der Waals surface area contributed by atoms with E-state index in [9.17, 15) is 0 Å². The van der Waals surface area contributed by atoms with E-state index in [0.29, 0.717) is 17.7 Å². The lowest BCUT2D eigenvalue weighted by atomic mass is 10.0. The Hall–Kier alpha value is -1.79. The molecule has 152 valence electrons. The van der Waals surface area contributed by atoms with Gasteiger partial charge < -0.3 is 10.1 Å². The molecule has 0 radical (unpaired) electrons. The minimum absolute atomic E-state index is 0. The fraction of sp³-hybridized carbons (Fsp3) is 0.250. The average Bonchev–Trinajstić information content (AvgIpc) is 3.19. The summed E-state index contributed by atoms with van der Waals surface area (Å²) < 4.78 is 20.9. The minimum Gasteiger partial charge on any atom is -0.453 e. The molecule has 0 aliphatic carbocycles. The first-order valence-electron chi connectivity index (χ1n) is 8.55. The zero-order chi connectivity index (χ0) is 18.5. The third-order valence-electron chi connectivity index (χ3n) is 4.30. The number of rotatable bonds is 7. The third kappa shape index (κ3) is 5.61. The molecule has 0 amide bonds. The first-order valence-corrected chi connectivity index (χ1v) is 8.93. The van der Waals surface area contributed by atoms with Crippen LogP contribution >= 0.6 is 36.4 Å². The number of hydrogen-bond donors (Lipinski definition) is 2. The van der Waals surface area contributed by atoms with Gasteiger partial charge in [-0.3, -0.25) is 5.10 Å². The van der Waals surface area contributed by atoms with Crippen molar-refractivity contribution in [1.82, 2.24) is 15.5 Å². The van der Waals surface area contributed by atoms with Crippen LogP contribution in [0.1, 0.15) is 43.5 Å². The van der Waals surface area contributed by atoms with Crippen molar-refractivity contribution in [2.75, 3.05) is 0 Å². The van der Waals surface area contributed by atoms with E-state index < -0.39 is 5.82 Å². The van der Waals surface area contributed by atoms with Crippen LogP contribution in [0.3, 0.4) is 0 Å². The molecule has 0 aliphatic heterocycles. The Morgan fingerprint density at radius 1 is 1.18 bits per heavy atom. The summed E-state index contributed by atoms with van der Waals surface area (Å²) in [5, 5.41) is 10.4. The smallest absolute Gasteiger partial charge is 0.181 e. The summed E-state index contributed by atoms with van der Waals surface area (Å²) in [5.41, 5.74) is 1.54. The molecule has 0 bridgehead atoms. The lowest BCUT2D eigenvalue weighted by Crippen LogP contribution is -2.25. The highest BCUT2D eigenvalue weighted by Gasteiger charge is 2.22. The third-order valence-corrected chi connectivity index (χ3v) is 4.59. The molecule has 0 spiro atoms. The second-order valence-electron chi connectivity index (χ2n) is 6.08. The van der Waals surface area contributed by atoms with E-state index in [1.54, 1.807) is 30.5 Å². The SMILES string of the molecule is CC[C@@H](N[C@H](C)c1cn[nH]c1)c1ccc(Cl)c(Oc2ccccc2)c1F.Cl.Cl. The van der Waals surface area contributed by atoms with Crippen LogP contribution in [0.15, 0.2) is 54.9 Å². The summed E-state index contributed by atoms with van der Waals surface area (Å²) >= 11 is 6.19. The number of benzene rings is 2. The van der Waals surface area contributed by atoms with Gasteiger partial charge in [0.15, 0.2) is 11.6 Å². The van der Waals surface area contributed by atoms with Crippen molar-refractivity contribution >= 4 is 36.4 Å². The molecule has 2 N–H and O–H groups in total. The standard InChI is InChI=1S/C20H21ClFN3O.2ClH/c1-3-18(25-13(2)14-11-23-24-12-14)16-9-10-17(21)20(19(16)22)26-15-7-5-4-6-8-15;;/h4-13,18,25H,3H2,1-2H3,(H,23,24);2*1H/t13-,18-;;/m1../s1. The van der Waals surface area contributed by atoms with Crippen molar-refractivity contribution in [3.8, 4) is 11.5 Å². The number of aromatic nitrogens is 2. The van der Waals surface area contributed by atoms with Gasteiger partial charge in [0, 0.05) is 29.4 Å². The molecular weight excluding hydrogens is 424 g/mol. The van der Waals surface area contributed by atoms with E-state index in [4.69, 9.17) is 16.3 Å². The highest BCUT2D eigenvalue weighted by atomic mass is 35.5. The lowest BCUT2D eigenvalue weighted by Gasteiger charge is -2.23. The normalized spacial score (nSPS) is 12.4. The van der Waals surface area contributed by atoms with Gasteiger partial charge in [0.1, 0.15) is 5.75 Å². The van der Waals surface area contributed by atoms with E-state index in [-0.39, 0.29) is 47.7 Å². The van der Waals surface area contributed by atoms with Gasteiger partial charge in [0.25, 0.3) is 0 Å². The zero-order valence-electron chi connectivity index (χ0n) is 15.5. The van der Waals surface area contributed by atoms with E-state index in [0.717, 1.165) is 5.56 Å². The quantitative estimate of drug-likeness (QED) is 0.427. The zero-order valence-corrected chi connectivity index (χ0v) is 17.9. The molecule has 1 heterocycles. The Labute approximate surface area is 181 Å². The van der Waals surface area contributed by atoms with Gasteiger partial charge in [0.05, 0.1) is 11.2 Å². The lowest BCUT2D eigenvalue weighted by molar-refractivity contribution is 0.410. The molecule has 8 heteroatoms. The number of halogens is 4. The Balaban J connectivity index is 0.00000196. The van der Waals surface area contributed by atoms with Crippen LogP contribution in [-0.4, -0.2) is 10.2 Å². The van der Waals surface area contributed by atoms with Crippen LogP contribution in [0.25, 0.3) is 0 Å². The summed E-state index contributed by atoms with van der Waals surface area (Å²) in [4.78, 5) is 0. The molecule has 3 rings (SSSR count). The van der Waals surface area contributed by atoms with Gasteiger partial charge in [0.2, 0.25) is 0 Å². The minimum atomic E-state index is -0.444. The van der Waals surface area contributed by atoms with Crippen molar-refractivity contribution in [1.29, 1.82) is 0 Å². The van der Waals surface area contributed by atoms with Crippen molar-refractivity contribution in [3.05, 3.63) is 76.8 Å². The number of H-pyrrole nitrogens is 1. The number of aromatic amines is 1. The van der Waals surface area contributed by atoms with E-state index >= 15 is 4.39 Å². The predicted octanol–water partition coefficient (Wildman–Crippen LogP) is 6.64. The van der Waals surface area contributed by atoms with Gasteiger partial charge in [-0.05, 0) is 31.5 Å². The summed E-state index contributed by atoms with van der Waals surface area (Å²) in [6, 6.07) is 12.3. The molecule has 2 aromatic carbocycles. The molecule has 0 saturated carbocycles. The molecule has 28 heavy (non-hydrogen) atoms. The van der Waals surface area contributed by atoms with Gasteiger partial charge in [-0.15, -0.1) is 24.8 Å². The van der Waals surface area contributed by atoms with Crippen LogP contribution in [0.2, 0.25) is 5.02 Å². The number of nitrogens with one attached hydrogen (secondary N) is 2. The Morgan fingerprint density at radius 3 is 2.50 bits per heavy atom. The summed E-state index contributed by atoms with van der Waals surface area (Å²) in [7, 11) is 0. The molecule has 0 fully saturated rings.